The van der Waals surface area contributed by atoms with E-state index in [1.165, 1.54) is 116 Å². The van der Waals surface area contributed by atoms with Gasteiger partial charge in [0.25, 0.3) is 0 Å². The number of unbranched alkanes of at least 4 members (excludes halogenated alkanes) is 3. The van der Waals surface area contributed by atoms with Crippen LogP contribution in [0.4, 0.5) is 0 Å². The third-order valence-electron chi connectivity index (χ3n) is 5.91. The molecule has 0 radical (unpaired) electrons. The molecule has 1 saturated carbocycles. The Morgan fingerprint density at radius 1 is 0.778 bits per heavy atom. The van der Waals surface area contributed by atoms with Crippen molar-refractivity contribution in [1.29, 1.82) is 0 Å². The van der Waals surface area contributed by atoms with Gasteiger partial charge in [-0.1, -0.05) is 103 Å². The summed E-state index contributed by atoms with van der Waals surface area (Å²) < 4.78 is 6.13. The Morgan fingerprint density at radius 2 is 1.30 bits per heavy atom. The highest BCUT2D eigenvalue weighted by Crippen LogP contribution is 2.18. The van der Waals surface area contributed by atoms with E-state index in [2.05, 4.69) is 12.2 Å². The lowest BCUT2D eigenvalue weighted by Crippen LogP contribution is -2.32. The van der Waals surface area contributed by atoms with Gasteiger partial charge in [-0.3, -0.25) is 0 Å². The first kappa shape index (κ1) is 24.9. The molecule has 3 heteroatoms. The third kappa shape index (κ3) is 16.5. The van der Waals surface area contributed by atoms with Crippen LogP contribution in [0.15, 0.2) is 0 Å². The van der Waals surface area contributed by atoms with Crippen molar-refractivity contribution in [3.05, 3.63) is 0 Å². The van der Waals surface area contributed by atoms with Crippen LogP contribution >= 0.6 is 0 Å². The average Bonchev–Trinajstić information content (AvgIpc) is 2.68. The smallest absolute Gasteiger partial charge is 0.0897 e. The van der Waals surface area contributed by atoms with Crippen LogP contribution in [0, 0.1) is 0 Å². The molecule has 0 amide bonds. The molecular weight excluding hydrogens is 334 g/mol. The van der Waals surface area contributed by atoms with Crippen molar-refractivity contribution in [1.82, 2.24) is 5.32 Å². The zero-order chi connectivity index (χ0) is 19.4. The molecule has 1 unspecified atom stereocenters. The van der Waals surface area contributed by atoms with E-state index in [0.29, 0.717) is 19.3 Å². The predicted molar refractivity (Wildman–Crippen MR) is 117 cm³/mol. The molecule has 0 bridgehead atoms. The molecule has 0 spiro atoms. The van der Waals surface area contributed by atoms with Gasteiger partial charge in [0.05, 0.1) is 18.8 Å². The largest absolute Gasteiger partial charge is 0.389 e. The summed E-state index contributed by atoms with van der Waals surface area (Å²) >= 11 is 0. The third-order valence-corrected chi connectivity index (χ3v) is 5.91. The first-order valence-corrected chi connectivity index (χ1v) is 12.3. The summed E-state index contributed by atoms with van der Waals surface area (Å²) in [4.78, 5) is 0. The van der Waals surface area contributed by atoms with E-state index in [4.69, 9.17) is 4.74 Å². The Balaban J connectivity index is 2.17. The van der Waals surface area contributed by atoms with Crippen LogP contribution in [-0.4, -0.2) is 37.0 Å². The van der Waals surface area contributed by atoms with Gasteiger partial charge in [0.2, 0.25) is 0 Å². The molecule has 1 fully saturated rings. The van der Waals surface area contributed by atoms with Gasteiger partial charge in [0.1, 0.15) is 0 Å². The molecule has 1 aliphatic carbocycles. The van der Waals surface area contributed by atoms with Gasteiger partial charge in [-0.15, -0.1) is 0 Å². The average molecular weight is 384 g/mol. The highest BCUT2D eigenvalue weighted by atomic mass is 16.5. The van der Waals surface area contributed by atoms with Gasteiger partial charge in [-0.2, -0.15) is 0 Å². The number of nitrogens with one attached hydrogen (secondary N) is 1. The van der Waals surface area contributed by atoms with Crippen molar-refractivity contribution < 1.29 is 9.84 Å². The van der Waals surface area contributed by atoms with Crippen molar-refractivity contribution in [3.8, 4) is 0 Å². The maximum atomic E-state index is 10.2. The number of aliphatic hydroxyl groups is 1. The van der Waals surface area contributed by atoms with Gasteiger partial charge in [0.15, 0.2) is 0 Å². The standard InChI is InChI=1S/C24H49NO2/c1-2-3-4-17-20-25-21-23(26)22-27-24-18-15-13-11-9-7-5-6-8-10-12-14-16-19-24/h23-26H,2-22H2,1H3. The summed E-state index contributed by atoms with van der Waals surface area (Å²) in [7, 11) is 0. The quantitative estimate of drug-likeness (QED) is 0.430. The Kier molecular flexibility index (Phi) is 17.7. The number of hydrogen-bond acceptors (Lipinski definition) is 3. The summed E-state index contributed by atoms with van der Waals surface area (Å²) in [6, 6.07) is 0. The van der Waals surface area contributed by atoms with Gasteiger partial charge < -0.3 is 15.2 Å². The first-order valence-electron chi connectivity index (χ1n) is 12.3. The fourth-order valence-corrected chi connectivity index (χ4v) is 4.07. The minimum absolute atomic E-state index is 0.356. The first-order chi connectivity index (χ1) is 13.3. The SMILES string of the molecule is CCCCCCNCC(O)COC1CCCCCCCCCCCCCC1. The zero-order valence-electron chi connectivity index (χ0n) is 18.4. The molecule has 0 aliphatic heterocycles. The van der Waals surface area contributed by atoms with Crippen molar-refractivity contribution >= 4 is 0 Å². The minimum atomic E-state index is -0.368. The molecule has 162 valence electrons. The molecule has 1 rings (SSSR count). The molecule has 1 atom stereocenters. The summed E-state index contributed by atoms with van der Waals surface area (Å²) in [6.07, 6.45) is 24.0. The van der Waals surface area contributed by atoms with E-state index in [-0.39, 0.29) is 6.10 Å². The molecule has 0 heterocycles. The highest BCUT2D eigenvalue weighted by Gasteiger charge is 2.12. The fourth-order valence-electron chi connectivity index (χ4n) is 4.07. The molecule has 2 N–H and O–H groups in total. The molecule has 27 heavy (non-hydrogen) atoms. The van der Waals surface area contributed by atoms with E-state index in [0.717, 1.165) is 6.54 Å². The molecule has 0 aromatic heterocycles. The van der Waals surface area contributed by atoms with Gasteiger partial charge >= 0.3 is 0 Å². The highest BCUT2D eigenvalue weighted by molar-refractivity contribution is 4.64. The maximum absolute atomic E-state index is 10.2. The summed E-state index contributed by atoms with van der Waals surface area (Å²) in [5.41, 5.74) is 0. The zero-order valence-corrected chi connectivity index (χ0v) is 18.4. The van der Waals surface area contributed by atoms with Crippen LogP contribution in [-0.2, 0) is 4.74 Å². The number of hydrogen-bond donors (Lipinski definition) is 2. The van der Waals surface area contributed by atoms with Crippen LogP contribution in [0.2, 0.25) is 0 Å². The second-order valence-corrected chi connectivity index (χ2v) is 8.69. The Labute approximate surface area is 170 Å². The number of rotatable bonds is 10. The maximum Gasteiger partial charge on any atom is 0.0897 e. The Hall–Kier alpha value is -0.120. The second-order valence-electron chi connectivity index (χ2n) is 8.69. The molecule has 0 saturated heterocycles. The second kappa shape index (κ2) is 19.2. The molecule has 3 nitrogen and oxygen atoms in total. The predicted octanol–water partition coefficient (Wildman–Crippen LogP) is 6.38. The topological polar surface area (TPSA) is 41.5 Å². The normalized spacial score (nSPS) is 20.7. The van der Waals surface area contributed by atoms with Crippen LogP contribution in [0.5, 0.6) is 0 Å². The van der Waals surface area contributed by atoms with Gasteiger partial charge in [-0.25, -0.2) is 0 Å². The number of aliphatic hydroxyl groups excluding tert-OH is 1. The van der Waals surface area contributed by atoms with E-state index in [1.807, 2.05) is 0 Å². The van der Waals surface area contributed by atoms with Gasteiger partial charge in [-0.05, 0) is 25.8 Å². The van der Waals surface area contributed by atoms with E-state index in [1.54, 1.807) is 0 Å². The molecule has 0 aromatic carbocycles. The lowest BCUT2D eigenvalue weighted by molar-refractivity contribution is -0.0171. The Bertz CT molecular complexity index is 282. The van der Waals surface area contributed by atoms with Crippen molar-refractivity contribution in [3.63, 3.8) is 0 Å². The summed E-state index contributed by atoms with van der Waals surface area (Å²) in [5, 5.41) is 13.6. The lowest BCUT2D eigenvalue weighted by Gasteiger charge is -2.20. The minimum Gasteiger partial charge on any atom is -0.389 e. The fraction of sp³-hybridized carbons (Fsp3) is 1.00. The van der Waals surface area contributed by atoms with E-state index >= 15 is 0 Å². The lowest BCUT2D eigenvalue weighted by atomic mass is 10.0. The van der Waals surface area contributed by atoms with E-state index in [9.17, 15) is 5.11 Å². The van der Waals surface area contributed by atoms with Crippen LogP contribution in [0.25, 0.3) is 0 Å². The van der Waals surface area contributed by atoms with Crippen molar-refractivity contribution in [2.45, 2.75) is 135 Å². The van der Waals surface area contributed by atoms with Crippen LogP contribution in [0.3, 0.4) is 0 Å². The molecule has 0 aromatic rings. The van der Waals surface area contributed by atoms with Crippen LogP contribution < -0.4 is 5.32 Å². The van der Waals surface area contributed by atoms with Crippen molar-refractivity contribution in [2.24, 2.45) is 0 Å². The molecule has 1 aliphatic rings. The Morgan fingerprint density at radius 3 is 1.81 bits per heavy atom. The summed E-state index contributed by atoms with van der Waals surface area (Å²) in [5.74, 6) is 0. The van der Waals surface area contributed by atoms with Crippen LogP contribution in [0.1, 0.15) is 122 Å². The number of ether oxygens (including phenoxy) is 1. The van der Waals surface area contributed by atoms with Crippen molar-refractivity contribution in [2.75, 3.05) is 19.7 Å². The van der Waals surface area contributed by atoms with Gasteiger partial charge in [0, 0.05) is 6.54 Å². The summed E-state index contributed by atoms with van der Waals surface area (Å²) in [6.45, 7) is 4.41. The van der Waals surface area contributed by atoms with E-state index < -0.39 is 0 Å². The monoisotopic (exact) mass is 383 g/mol. The molecular formula is C24H49NO2.